The Bertz CT molecular complexity index is 1090. The van der Waals surface area contributed by atoms with Crippen LogP contribution in [0.25, 0.3) is 16.6 Å². The maximum atomic E-state index is 13.0. The second-order valence-corrected chi connectivity index (χ2v) is 6.29. The van der Waals surface area contributed by atoms with E-state index in [0.29, 0.717) is 17.6 Å². The molecule has 154 valence electrons. The monoisotopic (exact) mass is 416 g/mol. The molecular formula is C19H14F6N2O2. The number of hydrogen-bond acceptors (Lipinski definition) is 3. The van der Waals surface area contributed by atoms with Gasteiger partial charge in [0.05, 0.1) is 16.6 Å². The largest absolute Gasteiger partial charge is 0.430 e. The highest BCUT2D eigenvalue weighted by molar-refractivity contribution is 5.77. The number of hydrogen-bond donors (Lipinski definition) is 1. The number of rotatable bonds is 3. The molecule has 0 spiro atoms. The SMILES string of the molecule is CCc1nc2ccccc2c(=O)n1-c1ccc(C(O)(C(F)(F)F)C(F)(F)F)cc1. The van der Waals surface area contributed by atoms with Crippen LogP contribution in [0, 0.1) is 0 Å². The molecule has 4 nitrogen and oxygen atoms in total. The van der Waals surface area contributed by atoms with Crippen LogP contribution in [0.2, 0.25) is 0 Å². The molecule has 1 heterocycles. The lowest BCUT2D eigenvalue weighted by Crippen LogP contribution is -2.53. The Balaban J connectivity index is 2.19. The maximum absolute atomic E-state index is 13.0. The highest BCUT2D eigenvalue weighted by Crippen LogP contribution is 2.50. The minimum absolute atomic E-state index is 0.0283. The Kier molecular flexibility index (Phi) is 4.94. The van der Waals surface area contributed by atoms with Gasteiger partial charge in [0.2, 0.25) is 0 Å². The van der Waals surface area contributed by atoms with Gasteiger partial charge in [0.1, 0.15) is 5.82 Å². The Labute approximate surface area is 160 Å². The van der Waals surface area contributed by atoms with Crippen molar-refractivity contribution in [1.29, 1.82) is 0 Å². The second-order valence-electron chi connectivity index (χ2n) is 6.29. The molecule has 1 aromatic heterocycles. The van der Waals surface area contributed by atoms with Crippen LogP contribution in [0.1, 0.15) is 18.3 Å². The number of para-hydroxylation sites is 1. The van der Waals surface area contributed by atoms with Crippen molar-refractivity contribution in [2.45, 2.75) is 31.3 Å². The molecule has 0 fully saturated rings. The van der Waals surface area contributed by atoms with Crippen molar-refractivity contribution in [2.24, 2.45) is 0 Å². The summed E-state index contributed by atoms with van der Waals surface area (Å²) in [6.45, 7) is 1.70. The predicted molar refractivity (Wildman–Crippen MR) is 92.7 cm³/mol. The van der Waals surface area contributed by atoms with Gasteiger partial charge in [-0.1, -0.05) is 31.2 Å². The van der Waals surface area contributed by atoms with Crippen LogP contribution >= 0.6 is 0 Å². The van der Waals surface area contributed by atoms with Crippen molar-refractivity contribution in [3.8, 4) is 5.69 Å². The number of benzene rings is 2. The first-order valence-electron chi connectivity index (χ1n) is 8.39. The topological polar surface area (TPSA) is 55.1 Å². The van der Waals surface area contributed by atoms with Crippen molar-refractivity contribution in [3.05, 3.63) is 70.3 Å². The van der Waals surface area contributed by atoms with E-state index in [9.17, 15) is 36.2 Å². The Morgan fingerprint density at radius 2 is 1.48 bits per heavy atom. The first kappa shape index (κ1) is 20.8. The molecule has 1 N–H and O–H groups in total. The van der Waals surface area contributed by atoms with Crippen molar-refractivity contribution in [1.82, 2.24) is 9.55 Å². The van der Waals surface area contributed by atoms with Gasteiger partial charge in [-0.3, -0.25) is 9.36 Å². The van der Waals surface area contributed by atoms with Crippen LogP contribution in [0.5, 0.6) is 0 Å². The maximum Gasteiger partial charge on any atom is 0.430 e. The molecule has 0 bridgehead atoms. The minimum atomic E-state index is -5.98. The van der Waals surface area contributed by atoms with Gasteiger partial charge in [-0.05, 0) is 24.3 Å². The van der Waals surface area contributed by atoms with Crippen molar-refractivity contribution < 1.29 is 31.4 Å². The van der Waals surface area contributed by atoms with E-state index in [2.05, 4.69) is 4.98 Å². The van der Waals surface area contributed by atoms with E-state index in [0.717, 1.165) is 16.7 Å². The zero-order valence-corrected chi connectivity index (χ0v) is 14.8. The third-order valence-electron chi connectivity index (χ3n) is 4.53. The standard InChI is InChI=1S/C19H14F6N2O2/c1-2-15-26-14-6-4-3-5-13(14)16(28)27(15)12-9-7-11(8-10-12)17(29,18(20,21)22)19(23,24)25/h3-10,29H,2H2,1H3. The Morgan fingerprint density at radius 1 is 0.931 bits per heavy atom. The van der Waals surface area contributed by atoms with Crippen LogP contribution < -0.4 is 5.56 Å². The van der Waals surface area contributed by atoms with Gasteiger partial charge < -0.3 is 5.11 Å². The minimum Gasteiger partial charge on any atom is -0.369 e. The predicted octanol–water partition coefficient (Wildman–Crippen LogP) is 4.26. The lowest BCUT2D eigenvalue weighted by Gasteiger charge is -2.32. The molecule has 0 radical (unpaired) electrons. The summed E-state index contributed by atoms with van der Waals surface area (Å²) in [7, 11) is 0. The number of aryl methyl sites for hydroxylation is 1. The van der Waals surface area contributed by atoms with E-state index >= 15 is 0 Å². The molecule has 0 atom stereocenters. The molecule has 2 aromatic carbocycles. The molecule has 0 aliphatic rings. The van der Waals surface area contributed by atoms with Crippen LogP contribution in [0.3, 0.4) is 0 Å². The van der Waals surface area contributed by atoms with E-state index in [1.807, 2.05) is 0 Å². The van der Waals surface area contributed by atoms with E-state index in [1.165, 1.54) is 6.07 Å². The van der Waals surface area contributed by atoms with Gasteiger partial charge in [-0.15, -0.1) is 0 Å². The van der Waals surface area contributed by atoms with Gasteiger partial charge in [-0.2, -0.15) is 26.3 Å². The highest BCUT2D eigenvalue weighted by Gasteiger charge is 2.71. The number of halogens is 6. The third kappa shape index (κ3) is 3.27. The zero-order valence-electron chi connectivity index (χ0n) is 14.8. The fourth-order valence-corrected chi connectivity index (χ4v) is 3.02. The Morgan fingerprint density at radius 3 is 2.00 bits per heavy atom. The average molecular weight is 416 g/mol. The molecule has 0 saturated heterocycles. The van der Waals surface area contributed by atoms with Gasteiger partial charge in [0, 0.05) is 12.0 Å². The molecular weight excluding hydrogens is 402 g/mol. The van der Waals surface area contributed by atoms with Gasteiger partial charge in [0.15, 0.2) is 0 Å². The van der Waals surface area contributed by atoms with E-state index in [1.54, 1.807) is 25.1 Å². The van der Waals surface area contributed by atoms with Crippen molar-refractivity contribution >= 4 is 10.9 Å². The molecule has 0 aliphatic carbocycles. The van der Waals surface area contributed by atoms with Crippen LogP contribution in [-0.2, 0) is 12.0 Å². The number of aromatic nitrogens is 2. The third-order valence-corrected chi connectivity index (χ3v) is 4.53. The fraction of sp³-hybridized carbons (Fsp3) is 0.263. The first-order valence-corrected chi connectivity index (χ1v) is 8.39. The summed E-state index contributed by atoms with van der Waals surface area (Å²) in [4.78, 5) is 17.2. The van der Waals surface area contributed by atoms with Crippen molar-refractivity contribution in [3.63, 3.8) is 0 Å². The quantitative estimate of drug-likeness (QED) is 0.650. The number of aliphatic hydroxyl groups is 1. The molecule has 3 aromatic rings. The van der Waals surface area contributed by atoms with Gasteiger partial charge >= 0.3 is 12.4 Å². The number of nitrogens with zero attached hydrogens (tertiary/aromatic N) is 2. The summed E-state index contributed by atoms with van der Waals surface area (Å²) < 4.78 is 79.3. The lowest BCUT2D eigenvalue weighted by molar-refractivity contribution is -0.376. The first-order chi connectivity index (χ1) is 13.4. The second kappa shape index (κ2) is 6.87. The molecule has 10 heteroatoms. The normalized spacial score (nSPS) is 13.1. The van der Waals surface area contributed by atoms with Crippen molar-refractivity contribution in [2.75, 3.05) is 0 Å². The fourth-order valence-electron chi connectivity index (χ4n) is 3.02. The van der Waals surface area contributed by atoms with Crippen LogP contribution in [0.15, 0.2) is 53.3 Å². The molecule has 0 saturated carbocycles. The smallest absolute Gasteiger partial charge is 0.369 e. The lowest BCUT2D eigenvalue weighted by atomic mass is 9.92. The zero-order chi connectivity index (χ0) is 21.6. The molecule has 0 aliphatic heterocycles. The Hall–Kier alpha value is -2.88. The molecule has 0 unspecified atom stereocenters. The average Bonchev–Trinajstić information content (AvgIpc) is 2.65. The number of alkyl halides is 6. The summed E-state index contributed by atoms with van der Waals surface area (Å²) in [5.41, 5.74) is -6.49. The van der Waals surface area contributed by atoms with Gasteiger partial charge in [-0.25, -0.2) is 4.98 Å². The highest BCUT2D eigenvalue weighted by atomic mass is 19.4. The summed E-state index contributed by atoms with van der Waals surface area (Å²) in [5.74, 6) is 0.281. The summed E-state index contributed by atoms with van der Waals surface area (Å²) in [5, 5.41) is 9.73. The van der Waals surface area contributed by atoms with Crippen LogP contribution in [-0.4, -0.2) is 27.0 Å². The van der Waals surface area contributed by atoms with Gasteiger partial charge in [0.25, 0.3) is 11.2 Å². The summed E-state index contributed by atoms with van der Waals surface area (Å²) in [6, 6.07) is 9.25. The molecule has 29 heavy (non-hydrogen) atoms. The molecule has 3 rings (SSSR count). The van der Waals surface area contributed by atoms with E-state index < -0.39 is 29.1 Å². The van der Waals surface area contributed by atoms with E-state index in [-0.39, 0.29) is 23.3 Å². The summed E-state index contributed by atoms with van der Waals surface area (Å²) in [6.07, 6.45) is -11.7. The van der Waals surface area contributed by atoms with Crippen LogP contribution in [0.4, 0.5) is 26.3 Å². The summed E-state index contributed by atoms with van der Waals surface area (Å²) >= 11 is 0. The number of fused-ring (bicyclic) bond motifs is 1. The van der Waals surface area contributed by atoms with E-state index in [4.69, 9.17) is 0 Å². The molecule has 0 amide bonds.